The molecule has 2 rings (SSSR count). The molecule has 0 unspecified atom stereocenters. The van der Waals surface area contributed by atoms with Gasteiger partial charge in [-0.1, -0.05) is 6.92 Å². The standard InChI is InChI=1S/C11H17N7O2S/c1-3-4-12-7-9-8(2)15-16-10(9)21(19,20)18-11-13-5-6-14-17-11/h5-6,12H,3-4,7H2,1-2H3,(H,15,16)(H,13,17,18). The van der Waals surface area contributed by atoms with Crippen LogP contribution in [0.2, 0.25) is 0 Å². The molecule has 0 aliphatic rings. The minimum Gasteiger partial charge on any atom is -0.313 e. The summed E-state index contributed by atoms with van der Waals surface area (Å²) in [5, 5.41) is 16.8. The Bertz CT molecular complexity index is 684. The van der Waals surface area contributed by atoms with Crippen LogP contribution in [0.4, 0.5) is 5.95 Å². The van der Waals surface area contributed by atoms with E-state index in [4.69, 9.17) is 0 Å². The smallest absolute Gasteiger partial charge is 0.283 e. The molecule has 0 radical (unpaired) electrons. The fourth-order valence-electron chi connectivity index (χ4n) is 1.71. The van der Waals surface area contributed by atoms with Crippen LogP contribution in [0.3, 0.4) is 0 Å². The molecule has 0 aliphatic heterocycles. The van der Waals surface area contributed by atoms with E-state index in [-0.39, 0.29) is 11.0 Å². The number of hydrogen-bond donors (Lipinski definition) is 3. The topological polar surface area (TPSA) is 126 Å². The average molecular weight is 311 g/mol. The zero-order valence-electron chi connectivity index (χ0n) is 11.8. The normalized spacial score (nSPS) is 11.5. The van der Waals surface area contributed by atoms with Crippen molar-refractivity contribution >= 4 is 16.0 Å². The van der Waals surface area contributed by atoms with Gasteiger partial charge in [-0.25, -0.2) is 9.71 Å². The van der Waals surface area contributed by atoms with Gasteiger partial charge in [0.25, 0.3) is 16.0 Å². The van der Waals surface area contributed by atoms with Gasteiger partial charge < -0.3 is 5.32 Å². The quantitative estimate of drug-likeness (QED) is 0.624. The summed E-state index contributed by atoms with van der Waals surface area (Å²) in [6.45, 7) is 5.02. The molecule has 2 aromatic rings. The van der Waals surface area contributed by atoms with Gasteiger partial charge in [-0.05, 0) is 19.9 Å². The third-order valence-corrected chi connectivity index (χ3v) is 4.03. The van der Waals surface area contributed by atoms with Gasteiger partial charge in [-0.3, -0.25) is 5.10 Å². The molecule has 21 heavy (non-hydrogen) atoms. The number of H-pyrrole nitrogens is 1. The maximum atomic E-state index is 12.3. The second-order valence-corrected chi connectivity index (χ2v) is 5.98. The van der Waals surface area contributed by atoms with Gasteiger partial charge in [0.1, 0.15) is 0 Å². The first-order chi connectivity index (χ1) is 10.0. The van der Waals surface area contributed by atoms with Crippen molar-refractivity contribution in [2.45, 2.75) is 31.8 Å². The molecule has 0 bridgehead atoms. The molecule has 9 nitrogen and oxygen atoms in total. The maximum absolute atomic E-state index is 12.3. The number of sulfonamides is 1. The number of anilines is 1. The molecular weight excluding hydrogens is 294 g/mol. The van der Waals surface area contributed by atoms with E-state index in [0.717, 1.165) is 13.0 Å². The lowest BCUT2D eigenvalue weighted by molar-refractivity contribution is 0.592. The fraction of sp³-hybridized carbons (Fsp3) is 0.455. The molecule has 0 atom stereocenters. The van der Waals surface area contributed by atoms with Crippen LogP contribution in [0.1, 0.15) is 24.6 Å². The Morgan fingerprint density at radius 3 is 2.81 bits per heavy atom. The number of nitrogens with zero attached hydrogens (tertiary/aromatic N) is 4. The monoisotopic (exact) mass is 311 g/mol. The van der Waals surface area contributed by atoms with Crippen LogP contribution >= 0.6 is 0 Å². The predicted octanol–water partition coefficient (Wildman–Crippen LogP) is 0.204. The Balaban J connectivity index is 2.24. The second kappa shape index (κ2) is 6.59. The minimum absolute atomic E-state index is 0.0592. The van der Waals surface area contributed by atoms with E-state index in [1.807, 2.05) is 6.92 Å². The number of aryl methyl sites for hydroxylation is 1. The molecule has 2 aromatic heterocycles. The van der Waals surface area contributed by atoms with E-state index < -0.39 is 10.0 Å². The Morgan fingerprint density at radius 1 is 1.33 bits per heavy atom. The molecule has 10 heteroatoms. The maximum Gasteiger partial charge on any atom is 0.283 e. The van der Waals surface area contributed by atoms with Crippen molar-refractivity contribution in [2.75, 3.05) is 11.3 Å². The lowest BCUT2D eigenvalue weighted by atomic mass is 10.2. The highest BCUT2D eigenvalue weighted by molar-refractivity contribution is 7.92. The number of aromatic amines is 1. The first-order valence-corrected chi connectivity index (χ1v) is 7.94. The van der Waals surface area contributed by atoms with Crippen LogP contribution in [-0.4, -0.2) is 40.3 Å². The first kappa shape index (κ1) is 15.3. The van der Waals surface area contributed by atoms with Crippen molar-refractivity contribution in [1.82, 2.24) is 30.7 Å². The van der Waals surface area contributed by atoms with E-state index in [9.17, 15) is 8.42 Å². The number of rotatable bonds is 7. The Hall–Kier alpha value is -2.07. The van der Waals surface area contributed by atoms with Gasteiger partial charge >= 0.3 is 0 Å². The van der Waals surface area contributed by atoms with Crippen molar-refractivity contribution in [3.05, 3.63) is 23.7 Å². The third kappa shape index (κ3) is 3.73. The summed E-state index contributed by atoms with van der Waals surface area (Å²) in [5.74, 6) is -0.0920. The molecule has 0 spiro atoms. The van der Waals surface area contributed by atoms with Crippen LogP contribution in [-0.2, 0) is 16.6 Å². The molecule has 0 aliphatic carbocycles. The molecule has 0 amide bonds. The van der Waals surface area contributed by atoms with Crippen molar-refractivity contribution < 1.29 is 8.42 Å². The summed E-state index contributed by atoms with van der Waals surface area (Å²) < 4.78 is 26.9. The number of hydrogen-bond acceptors (Lipinski definition) is 7. The summed E-state index contributed by atoms with van der Waals surface area (Å²) in [7, 11) is -3.86. The minimum atomic E-state index is -3.86. The molecule has 0 saturated carbocycles. The van der Waals surface area contributed by atoms with Gasteiger partial charge in [-0.2, -0.15) is 18.6 Å². The predicted molar refractivity (Wildman–Crippen MR) is 76.0 cm³/mol. The summed E-state index contributed by atoms with van der Waals surface area (Å²) in [6, 6.07) is 0. The lowest BCUT2D eigenvalue weighted by Gasteiger charge is -2.07. The largest absolute Gasteiger partial charge is 0.313 e. The van der Waals surface area contributed by atoms with Gasteiger partial charge in [0.2, 0.25) is 5.03 Å². The van der Waals surface area contributed by atoms with Gasteiger partial charge in [0.05, 0.1) is 12.4 Å². The summed E-state index contributed by atoms with van der Waals surface area (Å²) in [5.41, 5.74) is 1.30. The van der Waals surface area contributed by atoms with Crippen LogP contribution in [0, 0.1) is 6.92 Å². The van der Waals surface area contributed by atoms with Crippen LogP contribution in [0.15, 0.2) is 17.4 Å². The number of nitrogens with one attached hydrogen (secondary N) is 3. The molecule has 114 valence electrons. The third-order valence-electron chi connectivity index (χ3n) is 2.73. The van der Waals surface area contributed by atoms with E-state index in [1.165, 1.54) is 12.4 Å². The van der Waals surface area contributed by atoms with Gasteiger partial charge in [0, 0.05) is 17.8 Å². The van der Waals surface area contributed by atoms with Crippen molar-refractivity contribution in [3.8, 4) is 0 Å². The zero-order valence-corrected chi connectivity index (χ0v) is 12.6. The fourth-order valence-corrected chi connectivity index (χ4v) is 2.86. The second-order valence-electron chi connectivity index (χ2n) is 4.38. The Labute approximate surface area is 122 Å². The average Bonchev–Trinajstić information content (AvgIpc) is 2.82. The highest BCUT2D eigenvalue weighted by Gasteiger charge is 2.24. The van der Waals surface area contributed by atoms with Crippen LogP contribution in [0.5, 0.6) is 0 Å². The lowest BCUT2D eigenvalue weighted by Crippen LogP contribution is -2.20. The number of aromatic nitrogens is 5. The van der Waals surface area contributed by atoms with Crippen molar-refractivity contribution in [2.24, 2.45) is 0 Å². The molecule has 0 fully saturated rings. The molecule has 2 heterocycles. The summed E-state index contributed by atoms with van der Waals surface area (Å²) >= 11 is 0. The zero-order chi connectivity index (χ0) is 15.3. The van der Waals surface area contributed by atoms with Crippen LogP contribution < -0.4 is 10.0 Å². The summed E-state index contributed by atoms with van der Waals surface area (Å²) in [6.07, 6.45) is 3.67. The first-order valence-electron chi connectivity index (χ1n) is 6.45. The van der Waals surface area contributed by atoms with E-state index in [1.54, 1.807) is 6.92 Å². The SMILES string of the molecule is CCCNCc1c(S(=O)(=O)Nc2nccnn2)n[nH]c1C. The van der Waals surface area contributed by atoms with Gasteiger partial charge in [0.15, 0.2) is 0 Å². The highest BCUT2D eigenvalue weighted by atomic mass is 32.2. The van der Waals surface area contributed by atoms with Crippen molar-refractivity contribution in [3.63, 3.8) is 0 Å². The van der Waals surface area contributed by atoms with E-state index >= 15 is 0 Å². The molecular formula is C11H17N7O2S. The molecule has 0 aromatic carbocycles. The Morgan fingerprint density at radius 2 is 2.14 bits per heavy atom. The summed E-state index contributed by atoms with van der Waals surface area (Å²) in [4.78, 5) is 3.78. The van der Waals surface area contributed by atoms with Crippen LogP contribution in [0.25, 0.3) is 0 Å². The van der Waals surface area contributed by atoms with Gasteiger partial charge in [-0.15, -0.1) is 5.10 Å². The molecule has 3 N–H and O–H groups in total. The van der Waals surface area contributed by atoms with Crippen molar-refractivity contribution in [1.29, 1.82) is 0 Å². The van der Waals surface area contributed by atoms with E-state index in [0.29, 0.717) is 17.8 Å². The van der Waals surface area contributed by atoms with E-state index in [2.05, 4.69) is 35.4 Å². The highest BCUT2D eigenvalue weighted by Crippen LogP contribution is 2.18. The Kier molecular flexibility index (Phi) is 4.81. The molecule has 0 saturated heterocycles.